The molecule has 0 saturated carbocycles. The predicted molar refractivity (Wildman–Crippen MR) is 144 cm³/mol. The zero-order chi connectivity index (χ0) is 28.8. The third kappa shape index (κ3) is 4.91. The van der Waals surface area contributed by atoms with Crippen LogP contribution in [0.25, 0.3) is 0 Å². The van der Waals surface area contributed by atoms with Crippen molar-refractivity contribution < 1.29 is 27.4 Å². The van der Waals surface area contributed by atoms with Crippen molar-refractivity contribution in [3.05, 3.63) is 35.7 Å². The predicted octanol–water partition coefficient (Wildman–Crippen LogP) is 4.35. The fraction of sp³-hybridized carbons (Fsp3) is 0.556. The number of alkyl halides is 3. The van der Waals surface area contributed by atoms with Crippen LogP contribution in [0.3, 0.4) is 0 Å². The molecule has 216 valence electrons. The summed E-state index contributed by atoms with van der Waals surface area (Å²) in [5, 5.41) is 11.3. The van der Waals surface area contributed by atoms with Crippen LogP contribution in [0.5, 0.6) is 0 Å². The minimum Gasteiger partial charge on any atom is -0.454 e. The number of fused-ring (bicyclic) bond motifs is 1. The van der Waals surface area contributed by atoms with E-state index in [9.17, 15) is 18.0 Å². The fourth-order valence-electron chi connectivity index (χ4n) is 5.56. The van der Waals surface area contributed by atoms with E-state index in [1.807, 2.05) is 24.3 Å². The van der Waals surface area contributed by atoms with E-state index in [1.54, 1.807) is 32.7 Å². The SMILES string of the molecule is CNc1nc([C@@H](C)OC(=N)N2CCC[C@@H]2C(F)(F)F)nc2c1C(C)(C)C(=O)N2c1ccc(N2CCOCC2)cc1. The second-order valence-electron chi connectivity index (χ2n) is 10.7. The van der Waals surface area contributed by atoms with E-state index < -0.39 is 29.8 Å². The molecular formula is C27H34F3N7O3. The summed E-state index contributed by atoms with van der Waals surface area (Å²) in [5.41, 5.74) is 1.32. The van der Waals surface area contributed by atoms with E-state index in [2.05, 4.69) is 15.2 Å². The molecule has 0 aliphatic carbocycles. The number of halogens is 3. The molecular weight excluding hydrogens is 527 g/mol. The molecule has 2 aromatic rings. The first kappa shape index (κ1) is 27.9. The first-order chi connectivity index (χ1) is 18.9. The number of anilines is 4. The van der Waals surface area contributed by atoms with E-state index >= 15 is 0 Å². The average Bonchev–Trinajstić information content (AvgIpc) is 3.51. The van der Waals surface area contributed by atoms with E-state index in [4.69, 9.17) is 19.9 Å². The lowest BCUT2D eigenvalue weighted by Gasteiger charge is -2.29. The first-order valence-electron chi connectivity index (χ1n) is 13.4. The number of carbonyl (C=O) groups is 1. The highest BCUT2D eigenvalue weighted by Gasteiger charge is 2.49. The summed E-state index contributed by atoms with van der Waals surface area (Å²) in [4.78, 5) is 27.7. The minimum atomic E-state index is -4.46. The number of hydrogen-bond donors (Lipinski definition) is 2. The van der Waals surface area contributed by atoms with Crippen LogP contribution in [-0.2, 0) is 19.7 Å². The van der Waals surface area contributed by atoms with Crippen LogP contribution < -0.4 is 15.1 Å². The van der Waals surface area contributed by atoms with Gasteiger partial charge in [0.05, 0.1) is 29.9 Å². The topological polar surface area (TPSA) is 107 Å². The van der Waals surface area contributed by atoms with Crippen molar-refractivity contribution >= 4 is 34.9 Å². The molecule has 10 nitrogen and oxygen atoms in total. The van der Waals surface area contributed by atoms with Gasteiger partial charge in [-0.15, -0.1) is 0 Å². The fourth-order valence-corrected chi connectivity index (χ4v) is 5.56. The Hall–Kier alpha value is -3.61. The van der Waals surface area contributed by atoms with Crippen LogP contribution in [-0.4, -0.2) is 78.9 Å². The van der Waals surface area contributed by atoms with Crippen LogP contribution in [0.1, 0.15) is 51.1 Å². The highest BCUT2D eigenvalue weighted by Crippen LogP contribution is 2.47. The molecule has 0 bridgehead atoms. The number of amides is 1. The van der Waals surface area contributed by atoms with Gasteiger partial charge < -0.3 is 24.6 Å². The maximum Gasteiger partial charge on any atom is 0.408 e. The Morgan fingerprint density at radius 3 is 2.42 bits per heavy atom. The summed E-state index contributed by atoms with van der Waals surface area (Å²) in [6, 6.07) is 5.33. The number of nitrogens with one attached hydrogen (secondary N) is 2. The van der Waals surface area contributed by atoms with Gasteiger partial charge in [0, 0.05) is 32.4 Å². The first-order valence-corrected chi connectivity index (χ1v) is 13.4. The summed E-state index contributed by atoms with van der Waals surface area (Å²) >= 11 is 0. The van der Waals surface area contributed by atoms with Gasteiger partial charge in [-0.2, -0.15) is 13.2 Å². The number of likely N-dealkylation sites (tertiary alicyclic amines) is 1. The lowest BCUT2D eigenvalue weighted by molar-refractivity contribution is -0.169. The van der Waals surface area contributed by atoms with Crippen LogP contribution >= 0.6 is 0 Å². The normalized spacial score (nSPS) is 21.4. The van der Waals surface area contributed by atoms with Crippen molar-refractivity contribution in [2.45, 2.75) is 57.3 Å². The van der Waals surface area contributed by atoms with Gasteiger partial charge >= 0.3 is 6.18 Å². The molecule has 0 radical (unpaired) electrons. The van der Waals surface area contributed by atoms with Crippen molar-refractivity contribution in [3.8, 4) is 0 Å². The minimum absolute atomic E-state index is 0.0828. The highest BCUT2D eigenvalue weighted by molar-refractivity contribution is 6.12. The zero-order valence-corrected chi connectivity index (χ0v) is 23.0. The molecule has 3 aliphatic heterocycles. The van der Waals surface area contributed by atoms with Crippen molar-refractivity contribution in [1.82, 2.24) is 14.9 Å². The average molecular weight is 562 g/mol. The molecule has 1 aromatic carbocycles. The van der Waals surface area contributed by atoms with Gasteiger partial charge in [-0.1, -0.05) is 0 Å². The number of aromatic nitrogens is 2. The van der Waals surface area contributed by atoms with Gasteiger partial charge in [-0.3, -0.25) is 15.1 Å². The Balaban J connectivity index is 1.45. The van der Waals surface area contributed by atoms with Gasteiger partial charge in [-0.05, 0) is 57.9 Å². The largest absolute Gasteiger partial charge is 0.454 e. The van der Waals surface area contributed by atoms with E-state index in [-0.39, 0.29) is 24.7 Å². The molecule has 2 saturated heterocycles. The molecule has 4 heterocycles. The molecule has 5 rings (SSSR count). The number of benzene rings is 1. The summed E-state index contributed by atoms with van der Waals surface area (Å²) < 4.78 is 51.4. The van der Waals surface area contributed by atoms with E-state index in [1.165, 1.54) is 0 Å². The maximum absolute atomic E-state index is 13.7. The Morgan fingerprint density at radius 1 is 1.15 bits per heavy atom. The number of morpholine rings is 1. The smallest absolute Gasteiger partial charge is 0.408 e. The van der Waals surface area contributed by atoms with Gasteiger partial charge in [-0.25, -0.2) is 9.97 Å². The summed E-state index contributed by atoms with van der Waals surface area (Å²) in [6.45, 7) is 8.17. The Labute approximate surface area is 231 Å². The number of carbonyl (C=O) groups excluding carboxylic acids is 1. The van der Waals surface area contributed by atoms with Gasteiger partial charge in [0.2, 0.25) is 5.91 Å². The van der Waals surface area contributed by atoms with Crippen molar-refractivity contribution in [2.24, 2.45) is 0 Å². The van der Waals surface area contributed by atoms with Crippen LogP contribution in [0.15, 0.2) is 24.3 Å². The lowest BCUT2D eigenvalue weighted by atomic mass is 9.87. The maximum atomic E-state index is 13.7. The molecule has 40 heavy (non-hydrogen) atoms. The second-order valence-corrected chi connectivity index (χ2v) is 10.7. The molecule has 1 amide bonds. The van der Waals surface area contributed by atoms with Gasteiger partial charge in [0.15, 0.2) is 11.9 Å². The molecule has 2 atom stereocenters. The molecule has 1 aromatic heterocycles. The summed E-state index contributed by atoms with van der Waals surface area (Å²) in [7, 11) is 1.68. The third-order valence-electron chi connectivity index (χ3n) is 7.75. The van der Waals surface area contributed by atoms with Crippen LogP contribution in [0.2, 0.25) is 0 Å². The van der Waals surface area contributed by atoms with E-state index in [0.29, 0.717) is 42.5 Å². The number of hydrogen-bond acceptors (Lipinski definition) is 8. The van der Waals surface area contributed by atoms with Crippen LogP contribution in [0.4, 0.5) is 36.2 Å². The summed E-state index contributed by atoms with van der Waals surface area (Å²) in [6.07, 6.45) is -5.16. The quantitative estimate of drug-likeness (QED) is 0.410. The van der Waals surface area contributed by atoms with Crippen molar-refractivity contribution in [1.29, 1.82) is 5.41 Å². The second kappa shape index (κ2) is 10.4. The molecule has 2 fully saturated rings. The van der Waals surface area contributed by atoms with Gasteiger partial charge in [0.25, 0.3) is 6.02 Å². The molecule has 13 heteroatoms. The third-order valence-corrected chi connectivity index (χ3v) is 7.75. The van der Waals surface area contributed by atoms with E-state index in [0.717, 1.165) is 23.7 Å². The molecule has 0 unspecified atom stereocenters. The van der Waals surface area contributed by atoms with Crippen LogP contribution in [0, 0.1) is 5.41 Å². The zero-order valence-electron chi connectivity index (χ0n) is 23.0. The number of ether oxygens (including phenoxy) is 2. The Morgan fingerprint density at radius 2 is 1.80 bits per heavy atom. The number of nitrogens with zero attached hydrogens (tertiary/aromatic N) is 5. The van der Waals surface area contributed by atoms with Crippen molar-refractivity contribution in [2.75, 3.05) is 55.0 Å². The number of rotatable bonds is 5. The molecule has 3 aliphatic rings. The lowest BCUT2D eigenvalue weighted by Crippen LogP contribution is -2.45. The molecule has 0 spiro atoms. The Bertz CT molecular complexity index is 1280. The standard InChI is InChI=1S/C27H34F3N7O3/c1-16(40-25(31)36-11-5-6-19(36)27(28,29)30)21-33-22(32-4)20-23(34-21)37(24(38)26(20,2)3)18-9-7-17(8-10-18)35-12-14-39-15-13-35/h7-10,16,19,31H,5-6,11-15H2,1-4H3,(H,32,33,34)/t16-,19-/m1/s1. The number of amidine groups is 1. The summed E-state index contributed by atoms with van der Waals surface area (Å²) in [5.74, 6) is 0.758. The van der Waals surface area contributed by atoms with Crippen molar-refractivity contribution in [3.63, 3.8) is 0 Å². The van der Waals surface area contributed by atoms with Gasteiger partial charge in [0.1, 0.15) is 17.7 Å². The monoisotopic (exact) mass is 561 g/mol. The molecule has 2 N–H and O–H groups in total. The highest BCUT2D eigenvalue weighted by atomic mass is 19.4. The Kier molecular flexibility index (Phi) is 7.28.